The van der Waals surface area contributed by atoms with Gasteiger partial charge in [-0.1, -0.05) is 18.5 Å². The lowest BCUT2D eigenvalue weighted by Gasteiger charge is -2.38. The van der Waals surface area contributed by atoms with Gasteiger partial charge in [0, 0.05) is 29.8 Å². The first-order valence-corrected chi connectivity index (χ1v) is 11.3. The van der Waals surface area contributed by atoms with Gasteiger partial charge in [-0.05, 0) is 49.3 Å². The van der Waals surface area contributed by atoms with Gasteiger partial charge in [-0.25, -0.2) is 14.4 Å². The fourth-order valence-corrected chi connectivity index (χ4v) is 4.59. The van der Waals surface area contributed by atoms with E-state index in [-0.39, 0.29) is 17.9 Å². The third kappa shape index (κ3) is 4.34. The molecule has 2 aromatic heterocycles. The SMILES string of the molecule is C[C@H]1CCN(c2ncnc3[nH]ncc23)C[C@@H]1NC(=O)[C@H](Nc1cc(F)cc(Cl)c1)C1CC1. The number of hydrogen-bond acceptors (Lipinski definition) is 6. The molecule has 1 saturated carbocycles. The van der Waals surface area contributed by atoms with Crippen molar-refractivity contribution in [1.82, 2.24) is 25.5 Å². The van der Waals surface area contributed by atoms with Gasteiger partial charge in [0.25, 0.3) is 0 Å². The quantitative estimate of drug-likeness (QED) is 0.525. The van der Waals surface area contributed by atoms with E-state index in [4.69, 9.17) is 11.6 Å². The summed E-state index contributed by atoms with van der Waals surface area (Å²) < 4.78 is 13.8. The molecule has 168 valence electrons. The van der Waals surface area contributed by atoms with Gasteiger partial charge in [0.1, 0.15) is 24.0 Å². The van der Waals surface area contributed by atoms with Gasteiger partial charge in [0.05, 0.1) is 11.6 Å². The van der Waals surface area contributed by atoms with Crippen LogP contribution in [0.4, 0.5) is 15.9 Å². The molecule has 2 aliphatic rings. The molecule has 1 aliphatic heterocycles. The average molecular weight is 458 g/mol. The molecule has 3 heterocycles. The van der Waals surface area contributed by atoms with Crippen LogP contribution in [0, 0.1) is 17.7 Å². The number of fused-ring (bicyclic) bond motifs is 1. The van der Waals surface area contributed by atoms with Gasteiger partial charge < -0.3 is 15.5 Å². The molecule has 10 heteroatoms. The van der Waals surface area contributed by atoms with Crippen molar-refractivity contribution in [2.45, 2.75) is 38.3 Å². The largest absolute Gasteiger partial charge is 0.373 e. The minimum Gasteiger partial charge on any atom is -0.373 e. The summed E-state index contributed by atoms with van der Waals surface area (Å²) in [6.07, 6.45) is 6.13. The number of hydrogen-bond donors (Lipinski definition) is 3. The van der Waals surface area contributed by atoms with E-state index in [0.29, 0.717) is 28.8 Å². The van der Waals surface area contributed by atoms with Crippen LogP contribution in [-0.2, 0) is 4.79 Å². The molecule has 1 aromatic carbocycles. The molecule has 3 atom stereocenters. The summed E-state index contributed by atoms with van der Waals surface area (Å²) in [5.74, 6) is 0.880. The smallest absolute Gasteiger partial charge is 0.243 e. The Hall–Kier alpha value is -2.94. The number of H-pyrrole nitrogens is 1. The van der Waals surface area contributed by atoms with E-state index in [1.807, 2.05) is 0 Å². The highest BCUT2D eigenvalue weighted by Gasteiger charge is 2.38. The highest BCUT2D eigenvalue weighted by Crippen LogP contribution is 2.35. The summed E-state index contributed by atoms with van der Waals surface area (Å²) in [4.78, 5) is 24.1. The molecule has 1 saturated heterocycles. The molecule has 0 unspecified atom stereocenters. The lowest BCUT2D eigenvalue weighted by Crippen LogP contribution is -2.55. The first-order chi connectivity index (χ1) is 15.5. The first kappa shape index (κ1) is 20.9. The van der Waals surface area contributed by atoms with E-state index in [1.54, 1.807) is 12.3 Å². The predicted octanol–water partition coefficient (Wildman–Crippen LogP) is 3.37. The number of piperidine rings is 1. The van der Waals surface area contributed by atoms with Crippen molar-refractivity contribution >= 4 is 40.0 Å². The molecule has 3 N–H and O–H groups in total. The number of anilines is 2. The number of halogens is 2. The summed E-state index contributed by atoms with van der Waals surface area (Å²) in [7, 11) is 0. The molecule has 1 amide bonds. The van der Waals surface area contributed by atoms with Crippen molar-refractivity contribution < 1.29 is 9.18 Å². The van der Waals surface area contributed by atoms with Crippen LogP contribution in [-0.4, -0.2) is 51.2 Å². The first-order valence-electron chi connectivity index (χ1n) is 10.9. The van der Waals surface area contributed by atoms with Gasteiger partial charge in [0.2, 0.25) is 5.91 Å². The molecule has 0 bridgehead atoms. The summed E-state index contributed by atoms with van der Waals surface area (Å²) in [5, 5.41) is 14.6. The third-order valence-corrected chi connectivity index (χ3v) is 6.59. The zero-order chi connectivity index (χ0) is 22.2. The zero-order valence-electron chi connectivity index (χ0n) is 17.7. The second-order valence-electron chi connectivity index (χ2n) is 8.77. The van der Waals surface area contributed by atoms with Crippen LogP contribution in [0.3, 0.4) is 0 Å². The Balaban J connectivity index is 1.31. The number of aromatic nitrogens is 4. The zero-order valence-corrected chi connectivity index (χ0v) is 18.4. The number of carbonyl (C=O) groups excluding carboxylic acids is 1. The Morgan fingerprint density at radius 2 is 2.12 bits per heavy atom. The highest BCUT2D eigenvalue weighted by molar-refractivity contribution is 6.30. The van der Waals surface area contributed by atoms with E-state index in [1.165, 1.54) is 18.5 Å². The third-order valence-electron chi connectivity index (χ3n) is 6.37. The van der Waals surface area contributed by atoms with Crippen molar-refractivity contribution in [1.29, 1.82) is 0 Å². The minimum absolute atomic E-state index is 0.0349. The molecule has 1 aliphatic carbocycles. The maximum atomic E-state index is 13.8. The number of aromatic amines is 1. The fraction of sp³-hybridized carbons (Fsp3) is 0.455. The summed E-state index contributed by atoms with van der Waals surface area (Å²) in [6, 6.07) is 3.80. The Morgan fingerprint density at radius 1 is 1.28 bits per heavy atom. The standard InChI is InChI=1S/C22H25ClFN7O/c1-12-4-5-31(21-17-9-27-30-20(17)25-11-26-21)10-18(12)29-22(32)19(13-2-3-13)28-16-7-14(23)6-15(24)8-16/h6-9,11-13,18-19,28H,2-5,10H2,1H3,(H,29,32)(H,25,26,27,30)/t12-,18-,19+/m0/s1. The average Bonchev–Trinajstić information content (AvgIpc) is 3.48. The number of rotatable bonds is 6. The summed E-state index contributed by atoms with van der Waals surface area (Å²) in [6.45, 7) is 3.64. The van der Waals surface area contributed by atoms with Gasteiger partial charge in [-0.3, -0.25) is 9.89 Å². The van der Waals surface area contributed by atoms with E-state index in [2.05, 4.69) is 42.6 Å². The number of nitrogens with one attached hydrogen (secondary N) is 3. The van der Waals surface area contributed by atoms with E-state index in [9.17, 15) is 9.18 Å². The number of carbonyl (C=O) groups is 1. The number of benzene rings is 1. The predicted molar refractivity (Wildman–Crippen MR) is 121 cm³/mol. The molecule has 0 spiro atoms. The van der Waals surface area contributed by atoms with Gasteiger partial charge >= 0.3 is 0 Å². The van der Waals surface area contributed by atoms with Gasteiger partial charge in [0.15, 0.2) is 5.65 Å². The monoisotopic (exact) mass is 457 g/mol. The van der Waals surface area contributed by atoms with Crippen LogP contribution >= 0.6 is 11.6 Å². The van der Waals surface area contributed by atoms with Crippen LogP contribution in [0.1, 0.15) is 26.2 Å². The Labute approximate surface area is 189 Å². The second-order valence-corrected chi connectivity index (χ2v) is 9.21. The molecular weight excluding hydrogens is 433 g/mol. The Bertz CT molecular complexity index is 1110. The maximum absolute atomic E-state index is 13.8. The maximum Gasteiger partial charge on any atom is 0.243 e. The van der Waals surface area contributed by atoms with Crippen LogP contribution in [0.2, 0.25) is 5.02 Å². The Kier molecular flexibility index (Phi) is 5.58. The van der Waals surface area contributed by atoms with Crippen molar-refractivity contribution in [3.05, 3.63) is 41.6 Å². The van der Waals surface area contributed by atoms with Crippen LogP contribution in [0.25, 0.3) is 11.0 Å². The van der Waals surface area contributed by atoms with Crippen LogP contribution in [0.15, 0.2) is 30.7 Å². The van der Waals surface area contributed by atoms with Crippen LogP contribution < -0.4 is 15.5 Å². The van der Waals surface area contributed by atoms with Gasteiger partial charge in [-0.2, -0.15) is 5.10 Å². The number of nitrogens with zero attached hydrogens (tertiary/aromatic N) is 4. The van der Waals surface area contributed by atoms with Gasteiger partial charge in [-0.15, -0.1) is 0 Å². The topological polar surface area (TPSA) is 98.8 Å². The van der Waals surface area contributed by atoms with Crippen molar-refractivity contribution in [3.63, 3.8) is 0 Å². The van der Waals surface area contributed by atoms with Crippen molar-refractivity contribution in [3.8, 4) is 0 Å². The highest BCUT2D eigenvalue weighted by atomic mass is 35.5. The number of amides is 1. The van der Waals surface area contributed by atoms with Crippen molar-refractivity contribution in [2.24, 2.45) is 11.8 Å². The minimum atomic E-state index is -0.429. The summed E-state index contributed by atoms with van der Waals surface area (Å²) >= 11 is 5.99. The fourth-order valence-electron chi connectivity index (χ4n) is 4.37. The molecule has 3 aromatic rings. The second kappa shape index (κ2) is 8.54. The normalized spacial score (nSPS) is 22.0. The van der Waals surface area contributed by atoms with E-state index in [0.717, 1.165) is 37.0 Å². The lowest BCUT2D eigenvalue weighted by molar-refractivity contribution is -0.123. The molecule has 8 nitrogen and oxygen atoms in total. The molecular formula is C22H25ClFN7O. The van der Waals surface area contributed by atoms with Crippen LogP contribution in [0.5, 0.6) is 0 Å². The van der Waals surface area contributed by atoms with Crippen molar-refractivity contribution in [2.75, 3.05) is 23.3 Å². The molecule has 2 fully saturated rings. The summed E-state index contributed by atoms with van der Waals surface area (Å²) in [5.41, 5.74) is 1.21. The molecule has 0 radical (unpaired) electrons. The van der Waals surface area contributed by atoms with E-state index >= 15 is 0 Å². The van der Waals surface area contributed by atoms with E-state index < -0.39 is 11.9 Å². The Morgan fingerprint density at radius 3 is 2.91 bits per heavy atom. The molecule has 32 heavy (non-hydrogen) atoms. The molecule has 5 rings (SSSR count). The lowest BCUT2D eigenvalue weighted by atomic mass is 9.92.